The molecule has 0 unspecified atom stereocenters. The van der Waals surface area contributed by atoms with Crippen LogP contribution in [0.1, 0.15) is 39.2 Å². The minimum Gasteiger partial charge on any atom is -0.258 e. The topological polar surface area (TPSA) is 15.6 Å². The van der Waals surface area contributed by atoms with Gasteiger partial charge in [-0.05, 0) is 58.7 Å². The molecule has 1 fully saturated rings. The number of allylic oxidation sites excluding steroid dienone is 4. The first-order chi connectivity index (χ1) is 13.7. The quantitative estimate of drug-likeness (QED) is 0.260. The van der Waals surface area contributed by atoms with Crippen LogP contribution in [0, 0.1) is 12.8 Å². The number of halogens is 1. The Morgan fingerprint density at radius 2 is 1.90 bits per heavy atom. The third kappa shape index (κ3) is 6.21. The summed E-state index contributed by atoms with van der Waals surface area (Å²) in [5.74, 6) is 9.37. The van der Waals surface area contributed by atoms with E-state index in [2.05, 4.69) is 73.7 Å². The van der Waals surface area contributed by atoms with Crippen molar-refractivity contribution in [2.24, 2.45) is 10.9 Å². The van der Waals surface area contributed by atoms with E-state index >= 15 is 0 Å². The van der Waals surface area contributed by atoms with E-state index in [-0.39, 0.29) is 12.1 Å². The van der Waals surface area contributed by atoms with E-state index in [1.165, 1.54) is 22.1 Å². The maximum absolute atomic E-state index is 13.1. The Bertz CT molecular complexity index is 927. The highest BCUT2D eigenvalue weighted by atomic mass is 32.2. The van der Waals surface area contributed by atoms with Crippen LogP contribution in [0.3, 0.4) is 0 Å². The molecule has 5 heteroatoms. The van der Waals surface area contributed by atoms with Gasteiger partial charge in [0.05, 0.1) is 22.8 Å². The summed E-state index contributed by atoms with van der Waals surface area (Å²) in [6.45, 7) is 13.6. The largest absolute Gasteiger partial charge is 0.258 e. The van der Waals surface area contributed by atoms with Crippen LogP contribution in [0.5, 0.6) is 0 Å². The fourth-order valence-electron chi connectivity index (χ4n) is 3.52. The van der Waals surface area contributed by atoms with Crippen molar-refractivity contribution in [2.75, 3.05) is 13.1 Å². The predicted molar refractivity (Wildman–Crippen MR) is 134 cm³/mol. The van der Waals surface area contributed by atoms with Crippen LogP contribution >= 0.6 is 21.5 Å². The van der Waals surface area contributed by atoms with Crippen molar-refractivity contribution >= 4 is 39.0 Å². The standard InChI is InChI=1S/C24H33FN2S2/c1-8-24(28-25)20(5)26-23(16-18(2)3)21-12-14-27(15-13-21)29(6,7)22-11-9-10-19(4)17-22/h8-11,16-17,21H,1,6-7,12-15H2,2-5H3/b24-20-,26-23?. The van der Waals surface area contributed by atoms with E-state index in [1.54, 1.807) is 0 Å². The highest BCUT2D eigenvalue weighted by Crippen LogP contribution is 2.39. The number of aliphatic imine (C=N–C) groups is 1. The average Bonchev–Trinajstić information content (AvgIpc) is 2.68. The van der Waals surface area contributed by atoms with Gasteiger partial charge in [-0.1, -0.05) is 47.7 Å². The molecule has 2 rings (SSSR count). The van der Waals surface area contributed by atoms with Crippen molar-refractivity contribution in [3.63, 3.8) is 0 Å². The van der Waals surface area contributed by atoms with Gasteiger partial charge < -0.3 is 0 Å². The monoisotopic (exact) mass is 432 g/mol. The molecule has 0 N–H and O–H groups in total. The Hall–Kier alpha value is -1.56. The van der Waals surface area contributed by atoms with Gasteiger partial charge in [0, 0.05) is 29.6 Å². The molecule has 0 aromatic heterocycles. The Kier molecular flexibility index (Phi) is 8.56. The lowest BCUT2D eigenvalue weighted by molar-refractivity contribution is 0.341. The summed E-state index contributed by atoms with van der Waals surface area (Å²) in [6.07, 6.45) is 5.64. The van der Waals surface area contributed by atoms with Crippen molar-refractivity contribution in [2.45, 2.75) is 45.4 Å². The molecule has 1 aromatic carbocycles. The highest BCUT2D eigenvalue weighted by molar-refractivity contribution is 8.25. The van der Waals surface area contributed by atoms with Gasteiger partial charge in [-0.25, -0.2) is 0 Å². The van der Waals surface area contributed by atoms with Crippen LogP contribution < -0.4 is 0 Å². The van der Waals surface area contributed by atoms with Gasteiger partial charge in [-0.15, -0.1) is 9.39 Å². The van der Waals surface area contributed by atoms with E-state index in [1.807, 2.05) is 6.92 Å². The summed E-state index contributed by atoms with van der Waals surface area (Å²) in [6, 6.07) is 8.54. The first-order valence-electron chi connectivity index (χ1n) is 9.85. The van der Waals surface area contributed by atoms with Crippen LogP contribution in [-0.4, -0.2) is 34.8 Å². The summed E-state index contributed by atoms with van der Waals surface area (Å²) < 4.78 is 15.6. The molecule has 0 amide bonds. The number of benzene rings is 1. The molecule has 158 valence electrons. The minimum atomic E-state index is -1.50. The molecule has 1 heterocycles. The second kappa shape index (κ2) is 10.5. The van der Waals surface area contributed by atoms with E-state index in [0.717, 1.165) is 31.6 Å². The van der Waals surface area contributed by atoms with Crippen molar-refractivity contribution in [1.29, 1.82) is 0 Å². The fraction of sp³-hybridized carbons (Fsp3) is 0.375. The Morgan fingerprint density at radius 3 is 2.41 bits per heavy atom. The predicted octanol–water partition coefficient (Wildman–Crippen LogP) is 7.09. The minimum absolute atomic E-state index is 0.200. The molecule has 1 aliphatic heterocycles. The number of rotatable bonds is 7. The zero-order chi connectivity index (χ0) is 21.6. The van der Waals surface area contributed by atoms with Gasteiger partial charge in [0.2, 0.25) is 0 Å². The zero-order valence-corrected chi connectivity index (χ0v) is 19.7. The van der Waals surface area contributed by atoms with Gasteiger partial charge in [-0.3, -0.25) is 9.30 Å². The van der Waals surface area contributed by atoms with Crippen molar-refractivity contribution in [3.8, 4) is 0 Å². The molecule has 1 aliphatic rings. The first-order valence-corrected chi connectivity index (χ1v) is 12.5. The van der Waals surface area contributed by atoms with Crippen molar-refractivity contribution < 1.29 is 3.89 Å². The lowest BCUT2D eigenvalue weighted by atomic mass is 9.91. The maximum atomic E-state index is 13.1. The fourth-order valence-corrected chi connectivity index (χ4v) is 5.69. The number of piperidine rings is 1. The summed E-state index contributed by atoms with van der Waals surface area (Å²) >= 11 is 0.200. The third-order valence-corrected chi connectivity index (χ3v) is 8.27. The van der Waals surface area contributed by atoms with Crippen molar-refractivity contribution in [1.82, 2.24) is 4.31 Å². The molecule has 0 atom stereocenters. The number of nitrogens with zero attached hydrogens (tertiary/aromatic N) is 2. The summed E-state index contributed by atoms with van der Waals surface area (Å²) in [5.41, 5.74) is 4.14. The molecular formula is C24H33FN2S2. The molecule has 2 nitrogen and oxygen atoms in total. The van der Waals surface area contributed by atoms with Crippen molar-refractivity contribution in [3.05, 3.63) is 64.7 Å². The second-order valence-electron chi connectivity index (χ2n) is 7.85. The number of hydrogen-bond donors (Lipinski definition) is 0. The molecule has 0 spiro atoms. The highest BCUT2D eigenvalue weighted by Gasteiger charge is 2.25. The summed E-state index contributed by atoms with van der Waals surface area (Å²) in [5, 5.41) is 0. The van der Waals surface area contributed by atoms with E-state index in [0.29, 0.717) is 16.5 Å². The van der Waals surface area contributed by atoms with Crippen LogP contribution in [0.4, 0.5) is 3.89 Å². The Labute approximate surface area is 181 Å². The average molecular weight is 433 g/mol. The summed E-state index contributed by atoms with van der Waals surface area (Å²) in [4.78, 5) is 6.48. The summed E-state index contributed by atoms with van der Waals surface area (Å²) in [7, 11) is -1.50. The van der Waals surface area contributed by atoms with Gasteiger partial charge in [0.1, 0.15) is 0 Å². The lowest BCUT2D eigenvalue weighted by Gasteiger charge is -2.37. The number of aryl methyl sites for hydroxylation is 1. The van der Waals surface area contributed by atoms with E-state index in [9.17, 15) is 3.89 Å². The molecule has 29 heavy (non-hydrogen) atoms. The first kappa shape index (κ1) is 23.7. The lowest BCUT2D eigenvalue weighted by Crippen LogP contribution is -2.34. The molecule has 1 saturated heterocycles. The maximum Gasteiger partial charge on any atom is 0.0831 e. The van der Waals surface area contributed by atoms with Crippen LogP contribution in [-0.2, 0) is 0 Å². The molecule has 0 aliphatic carbocycles. The number of hydrogen-bond acceptors (Lipinski definition) is 3. The van der Waals surface area contributed by atoms with Gasteiger partial charge >= 0.3 is 0 Å². The molecule has 0 radical (unpaired) electrons. The molecule has 1 aromatic rings. The second-order valence-corrected chi connectivity index (χ2v) is 11.1. The molecule has 0 saturated carbocycles. The Morgan fingerprint density at radius 1 is 1.24 bits per heavy atom. The molecule has 0 bridgehead atoms. The van der Waals surface area contributed by atoms with Crippen LogP contribution in [0.15, 0.2) is 69.1 Å². The van der Waals surface area contributed by atoms with Gasteiger partial charge in [0.25, 0.3) is 0 Å². The van der Waals surface area contributed by atoms with Crippen LogP contribution in [0.2, 0.25) is 0 Å². The Balaban J connectivity index is 2.23. The normalized spacial score (nSPS) is 17.6. The molecular weight excluding hydrogens is 399 g/mol. The van der Waals surface area contributed by atoms with E-state index in [4.69, 9.17) is 4.99 Å². The third-order valence-electron chi connectivity index (χ3n) is 5.15. The SMILES string of the molecule is C=C/C(SF)=C(\C)N=C(C=C(C)C)C1CCN(S(=C)(=C)c2cccc(C)c2)CC1. The van der Waals surface area contributed by atoms with Gasteiger partial charge in [0.15, 0.2) is 0 Å². The smallest absolute Gasteiger partial charge is 0.0831 e. The van der Waals surface area contributed by atoms with E-state index < -0.39 is 9.39 Å². The van der Waals surface area contributed by atoms with Crippen LogP contribution in [0.25, 0.3) is 0 Å². The zero-order valence-electron chi connectivity index (χ0n) is 18.1. The van der Waals surface area contributed by atoms with Gasteiger partial charge in [-0.2, -0.15) is 3.89 Å².